The smallest absolute Gasteiger partial charge is 0.291 e. The first-order chi connectivity index (χ1) is 16.9. The molecule has 1 aromatic heterocycles. The number of aryl methyl sites for hydroxylation is 2. The summed E-state index contributed by atoms with van der Waals surface area (Å²) < 4.78 is 25.3. The van der Waals surface area contributed by atoms with E-state index in [4.69, 9.17) is 9.15 Å². The van der Waals surface area contributed by atoms with E-state index in [0.717, 1.165) is 34.4 Å². The van der Waals surface area contributed by atoms with Crippen LogP contribution in [0.2, 0.25) is 0 Å². The van der Waals surface area contributed by atoms with E-state index in [1.54, 1.807) is 23.1 Å². The van der Waals surface area contributed by atoms with Gasteiger partial charge in [-0.25, -0.2) is 4.39 Å². The lowest BCUT2D eigenvalue weighted by Gasteiger charge is -2.25. The van der Waals surface area contributed by atoms with Crippen molar-refractivity contribution in [3.63, 3.8) is 0 Å². The lowest BCUT2D eigenvalue weighted by atomic mass is 9.97. The Bertz CT molecular complexity index is 1470. The minimum atomic E-state index is -0.634. The molecule has 0 fully saturated rings. The zero-order chi connectivity index (χ0) is 24.7. The largest absolute Gasteiger partial charge is 0.494 e. The van der Waals surface area contributed by atoms with Crippen LogP contribution < -0.4 is 10.2 Å². The highest BCUT2D eigenvalue weighted by Gasteiger charge is 2.42. The van der Waals surface area contributed by atoms with Crippen molar-refractivity contribution in [2.24, 2.45) is 0 Å². The zero-order valence-electron chi connectivity index (χ0n) is 19.9. The Morgan fingerprint density at radius 1 is 0.971 bits per heavy atom. The molecule has 4 aromatic rings. The summed E-state index contributed by atoms with van der Waals surface area (Å²) in [5.74, 6) is 0.0711. The van der Waals surface area contributed by atoms with Gasteiger partial charge in [-0.15, -0.1) is 0 Å². The predicted molar refractivity (Wildman–Crippen MR) is 132 cm³/mol. The molecular formula is C29H26FNO4. The Hall–Kier alpha value is -3.93. The normalized spacial score (nSPS) is 15.0. The van der Waals surface area contributed by atoms with E-state index in [-0.39, 0.29) is 29.5 Å². The fourth-order valence-corrected chi connectivity index (χ4v) is 4.54. The Kier molecular flexibility index (Phi) is 5.89. The van der Waals surface area contributed by atoms with E-state index in [9.17, 15) is 14.0 Å². The molecule has 35 heavy (non-hydrogen) atoms. The monoisotopic (exact) mass is 471 g/mol. The van der Waals surface area contributed by atoms with Crippen LogP contribution in [-0.2, 0) is 6.54 Å². The Morgan fingerprint density at radius 2 is 1.66 bits per heavy atom. The van der Waals surface area contributed by atoms with Crippen molar-refractivity contribution in [3.05, 3.63) is 110 Å². The van der Waals surface area contributed by atoms with Crippen molar-refractivity contribution < 1.29 is 18.3 Å². The SMILES string of the molecule is CCCOc1ccc(C2c3c(oc4cc(C)c(C)cc4c3=O)C(=O)N2Cc2ccc(F)cc2)cc1. The van der Waals surface area contributed by atoms with Crippen LogP contribution in [0, 0.1) is 19.7 Å². The van der Waals surface area contributed by atoms with E-state index >= 15 is 0 Å². The first-order valence-electron chi connectivity index (χ1n) is 11.7. The third-order valence-electron chi connectivity index (χ3n) is 6.52. The van der Waals surface area contributed by atoms with Gasteiger partial charge in [0.2, 0.25) is 5.76 Å². The summed E-state index contributed by atoms with van der Waals surface area (Å²) in [6.07, 6.45) is 0.894. The Morgan fingerprint density at radius 3 is 2.34 bits per heavy atom. The molecule has 5 rings (SSSR count). The number of fused-ring (bicyclic) bond motifs is 2. The average Bonchev–Trinajstić information content (AvgIpc) is 3.12. The molecule has 1 aliphatic heterocycles. The fraction of sp³-hybridized carbons (Fsp3) is 0.241. The first-order valence-corrected chi connectivity index (χ1v) is 11.7. The van der Waals surface area contributed by atoms with Crippen LogP contribution in [0.15, 0.2) is 69.9 Å². The van der Waals surface area contributed by atoms with Crippen LogP contribution in [0.1, 0.15) is 57.8 Å². The van der Waals surface area contributed by atoms with Gasteiger partial charge in [-0.05, 0) is 78.9 Å². The number of carbonyl (C=O) groups is 1. The molecule has 1 aliphatic rings. The molecule has 0 bridgehead atoms. The molecule has 1 atom stereocenters. The van der Waals surface area contributed by atoms with Gasteiger partial charge < -0.3 is 14.1 Å². The van der Waals surface area contributed by atoms with Crippen LogP contribution in [0.5, 0.6) is 5.75 Å². The molecule has 1 amide bonds. The van der Waals surface area contributed by atoms with E-state index in [1.165, 1.54) is 12.1 Å². The summed E-state index contributed by atoms with van der Waals surface area (Å²) in [5, 5.41) is 0.455. The molecule has 0 N–H and O–H groups in total. The van der Waals surface area contributed by atoms with Gasteiger partial charge in [-0.3, -0.25) is 9.59 Å². The minimum absolute atomic E-state index is 0.0594. The number of benzene rings is 3. The van der Waals surface area contributed by atoms with Gasteiger partial charge in [0.15, 0.2) is 5.43 Å². The van der Waals surface area contributed by atoms with Crippen molar-refractivity contribution in [2.45, 2.75) is 39.8 Å². The van der Waals surface area contributed by atoms with Crippen molar-refractivity contribution >= 4 is 16.9 Å². The van der Waals surface area contributed by atoms with Crippen molar-refractivity contribution in [3.8, 4) is 5.75 Å². The third kappa shape index (κ3) is 4.09. The molecule has 1 unspecified atom stereocenters. The van der Waals surface area contributed by atoms with Gasteiger partial charge in [0.05, 0.1) is 23.6 Å². The van der Waals surface area contributed by atoms with E-state index < -0.39 is 6.04 Å². The maximum atomic E-state index is 13.8. The minimum Gasteiger partial charge on any atom is -0.494 e. The molecule has 5 nitrogen and oxygen atoms in total. The molecule has 6 heteroatoms. The summed E-state index contributed by atoms with van der Waals surface area (Å²) >= 11 is 0. The van der Waals surface area contributed by atoms with Crippen molar-refractivity contribution in [2.75, 3.05) is 6.61 Å². The van der Waals surface area contributed by atoms with Crippen molar-refractivity contribution in [1.29, 1.82) is 0 Å². The second kappa shape index (κ2) is 9.02. The van der Waals surface area contributed by atoms with Gasteiger partial charge in [0, 0.05) is 6.54 Å². The van der Waals surface area contributed by atoms with E-state index in [1.807, 2.05) is 51.1 Å². The highest BCUT2D eigenvalue weighted by molar-refractivity contribution is 5.99. The number of ether oxygens (including phenoxy) is 1. The standard InChI is InChI=1S/C29H26FNO4/c1-4-13-34-22-11-7-20(8-12-22)26-25-27(32)23-14-17(2)18(3)15-24(23)35-28(25)29(33)31(26)16-19-5-9-21(30)10-6-19/h5-12,14-15,26H,4,13,16H2,1-3H3. The number of halogens is 1. The molecular weight excluding hydrogens is 445 g/mol. The number of hydrogen-bond acceptors (Lipinski definition) is 4. The van der Waals surface area contributed by atoms with Crippen LogP contribution in [0.4, 0.5) is 4.39 Å². The van der Waals surface area contributed by atoms with E-state index in [2.05, 4.69) is 0 Å². The molecule has 2 heterocycles. The average molecular weight is 472 g/mol. The van der Waals surface area contributed by atoms with Gasteiger partial charge in [-0.2, -0.15) is 0 Å². The lowest BCUT2D eigenvalue weighted by Crippen LogP contribution is -2.29. The molecule has 3 aromatic carbocycles. The maximum Gasteiger partial charge on any atom is 0.291 e. The molecule has 0 radical (unpaired) electrons. The molecule has 0 saturated carbocycles. The summed E-state index contributed by atoms with van der Waals surface area (Å²) in [6.45, 7) is 6.73. The fourth-order valence-electron chi connectivity index (χ4n) is 4.54. The number of amides is 1. The second-order valence-electron chi connectivity index (χ2n) is 8.99. The summed E-state index contributed by atoms with van der Waals surface area (Å²) in [6, 6.07) is 16.4. The second-order valence-corrected chi connectivity index (χ2v) is 8.99. The lowest BCUT2D eigenvalue weighted by molar-refractivity contribution is 0.0714. The highest BCUT2D eigenvalue weighted by atomic mass is 19.1. The van der Waals surface area contributed by atoms with Gasteiger partial charge in [0.25, 0.3) is 5.91 Å². The Labute approximate surface area is 202 Å². The van der Waals surface area contributed by atoms with Crippen LogP contribution in [-0.4, -0.2) is 17.4 Å². The van der Waals surface area contributed by atoms with E-state index in [0.29, 0.717) is 23.1 Å². The Balaban J connectivity index is 1.66. The van der Waals surface area contributed by atoms with Gasteiger partial charge >= 0.3 is 0 Å². The molecule has 0 saturated heterocycles. The molecule has 0 spiro atoms. The van der Waals surface area contributed by atoms with Gasteiger partial charge in [0.1, 0.15) is 17.1 Å². The van der Waals surface area contributed by atoms with Crippen LogP contribution >= 0.6 is 0 Å². The zero-order valence-corrected chi connectivity index (χ0v) is 19.9. The van der Waals surface area contributed by atoms with Gasteiger partial charge in [-0.1, -0.05) is 31.2 Å². The summed E-state index contributed by atoms with van der Waals surface area (Å²) in [5.41, 5.74) is 4.00. The number of rotatable bonds is 6. The third-order valence-corrected chi connectivity index (χ3v) is 6.52. The van der Waals surface area contributed by atoms with Crippen LogP contribution in [0.25, 0.3) is 11.0 Å². The number of nitrogens with zero attached hydrogens (tertiary/aromatic N) is 1. The number of carbonyl (C=O) groups excluding carboxylic acids is 1. The molecule has 178 valence electrons. The topological polar surface area (TPSA) is 59.8 Å². The molecule has 0 aliphatic carbocycles. The quantitative estimate of drug-likeness (QED) is 0.342. The first kappa shape index (κ1) is 22.8. The number of hydrogen-bond donors (Lipinski definition) is 0. The summed E-state index contributed by atoms with van der Waals surface area (Å²) in [7, 11) is 0. The van der Waals surface area contributed by atoms with Crippen molar-refractivity contribution in [1.82, 2.24) is 4.90 Å². The highest BCUT2D eigenvalue weighted by Crippen LogP contribution is 2.39. The van der Waals surface area contributed by atoms with Crippen LogP contribution in [0.3, 0.4) is 0 Å². The maximum absolute atomic E-state index is 13.8. The summed E-state index contributed by atoms with van der Waals surface area (Å²) in [4.78, 5) is 29.0. The predicted octanol–water partition coefficient (Wildman–Crippen LogP) is 6.08.